The number of carbonyl (C=O) groups is 2. The lowest BCUT2D eigenvalue weighted by atomic mass is 9.55. The average molecular weight is 390 g/mol. The van der Waals surface area contributed by atoms with E-state index in [2.05, 4.69) is 18.4 Å². The van der Waals surface area contributed by atoms with E-state index in [4.69, 9.17) is 9.47 Å². The molecule has 0 spiro atoms. The SMILES string of the molecule is C=C1CCC[C@]2(C)C[C@H]3OC(=O)[C@H](CN4CCC[C@H](C(=O)OCC)C4)[C@H]3C[C@@H]12. The zero-order valence-corrected chi connectivity index (χ0v) is 17.5. The number of nitrogens with zero attached hydrogens (tertiary/aromatic N) is 1. The first kappa shape index (κ1) is 19.9. The molecule has 0 aromatic heterocycles. The van der Waals surface area contributed by atoms with Gasteiger partial charge >= 0.3 is 11.9 Å². The van der Waals surface area contributed by atoms with Crippen LogP contribution >= 0.6 is 0 Å². The Hall–Kier alpha value is -1.36. The summed E-state index contributed by atoms with van der Waals surface area (Å²) in [5.41, 5.74) is 1.62. The van der Waals surface area contributed by atoms with E-state index in [9.17, 15) is 9.59 Å². The molecule has 2 saturated heterocycles. The summed E-state index contributed by atoms with van der Waals surface area (Å²) in [4.78, 5) is 27.2. The molecular weight excluding hydrogens is 354 g/mol. The Morgan fingerprint density at radius 3 is 3.00 bits per heavy atom. The summed E-state index contributed by atoms with van der Waals surface area (Å²) >= 11 is 0. The maximum absolute atomic E-state index is 12.8. The number of ether oxygens (including phenoxy) is 2. The van der Waals surface area contributed by atoms with Gasteiger partial charge in [0.25, 0.3) is 0 Å². The fraction of sp³-hybridized carbons (Fsp3) is 0.826. The van der Waals surface area contributed by atoms with E-state index in [1.807, 2.05) is 6.92 Å². The summed E-state index contributed by atoms with van der Waals surface area (Å²) in [6, 6.07) is 0. The first-order valence-electron chi connectivity index (χ1n) is 11.2. The van der Waals surface area contributed by atoms with Crippen molar-refractivity contribution in [3.63, 3.8) is 0 Å². The van der Waals surface area contributed by atoms with Crippen molar-refractivity contribution in [3.05, 3.63) is 12.2 Å². The van der Waals surface area contributed by atoms with Crippen molar-refractivity contribution in [2.24, 2.45) is 29.1 Å². The predicted octanol–water partition coefficient (Wildman–Crippen LogP) is 3.58. The van der Waals surface area contributed by atoms with Crippen molar-refractivity contribution < 1.29 is 19.1 Å². The minimum Gasteiger partial charge on any atom is -0.466 e. The molecule has 0 aromatic rings. The zero-order chi connectivity index (χ0) is 19.9. The molecular formula is C23H35NO4. The van der Waals surface area contributed by atoms with E-state index in [0.29, 0.717) is 31.5 Å². The molecule has 2 aliphatic carbocycles. The average Bonchev–Trinajstić information content (AvgIpc) is 2.94. The highest BCUT2D eigenvalue weighted by molar-refractivity contribution is 5.76. The van der Waals surface area contributed by atoms with Crippen LogP contribution in [0.2, 0.25) is 0 Å². The van der Waals surface area contributed by atoms with Gasteiger partial charge in [0.2, 0.25) is 0 Å². The van der Waals surface area contributed by atoms with Crippen molar-refractivity contribution in [1.29, 1.82) is 0 Å². The number of fused-ring (bicyclic) bond motifs is 2. The summed E-state index contributed by atoms with van der Waals surface area (Å²) in [7, 11) is 0. The van der Waals surface area contributed by atoms with Gasteiger partial charge in [-0.3, -0.25) is 9.59 Å². The second kappa shape index (κ2) is 7.81. The lowest BCUT2D eigenvalue weighted by Crippen LogP contribution is -2.47. The molecule has 4 aliphatic rings. The van der Waals surface area contributed by atoms with Crippen LogP contribution in [0.1, 0.15) is 58.8 Å². The van der Waals surface area contributed by atoms with Gasteiger partial charge in [-0.1, -0.05) is 19.1 Å². The van der Waals surface area contributed by atoms with Crippen LogP contribution in [-0.4, -0.2) is 49.2 Å². The number of likely N-dealkylation sites (tertiary alicyclic amines) is 1. The monoisotopic (exact) mass is 389 g/mol. The third-order valence-corrected chi connectivity index (χ3v) is 7.90. The molecule has 28 heavy (non-hydrogen) atoms. The molecule has 156 valence electrons. The van der Waals surface area contributed by atoms with Gasteiger partial charge in [-0.15, -0.1) is 0 Å². The number of allylic oxidation sites excluding steroid dienone is 1. The largest absolute Gasteiger partial charge is 0.466 e. The molecule has 5 heteroatoms. The quantitative estimate of drug-likeness (QED) is 0.543. The van der Waals surface area contributed by atoms with Crippen LogP contribution in [0.5, 0.6) is 0 Å². The molecule has 4 rings (SSSR count). The van der Waals surface area contributed by atoms with Crippen LogP contribution in [0.4, 0.5) is 0 Å². The van der Waals surface area contributed by atoms with Crippen molar-refractivity contribution in [1.82, 2.24) is 4.90 Å². The maximum Gasteiger partial charge on any atom is 0.310 e. The summed E-state index contributed by atoms with van der Waals surface area (Å²) in [5.74, 6) is 0.573. The molecule has 5 nitrogen and oxygen atoms in total. The number of carbonyl (C=O) groups excluding carboxylic acids is 2. The second-order valence-electron chi connectivity index (χ2n) is 9.75. The standard InChI is InChI=1S/C23H35NO4/c1-4-27-21(25)16-8-6-10-24(13-16)14-18-17-11-19-15(2)7-5-9-23(19,3)12-20(17)28-22(18)26/h16-20H,2,4-14H2,1,3H3/t16-,17+,18+,19-,20+,23+/m0/s1. The number of piperidine rings is 1. The van der Waals surface area contributed by atoms with Gasteiger partial charge < -0.3 is 14.4 Å². The fourth-order valence-corrected chi connectivity index (χ4v) is 6.42. The Bertz CT molecular complexity index is 647. The van der Waals surface area contributed by atoms with Crippen LogP contribution in [0.15, 0.2) is 12.2 Å². The van der Waals surface area contributed by atoms with Gasteiger partial charge in [-0.25, -0.2) is 0 Å². The van der Waals surface area contributed by atoms with Crippen LogP contribution in [-0.2, 0) is 19.1 Å². The minimum atomic E-state index is -0.0917. The van der Waals surface area contributed by atoms with E-state index in [1.165, 1.54) is 18.4 Å². The Kier molecular flexibility index (Phi) is 5.56. The highest BCUT2D eigenvalue weighted by Crippen LogP contribution is 2.57. The van der Waals surface area contributed by atoms with Crippen molar-refractivity contribution >= 4 is 11.9 Å². The highest BCUT2D eigenvalue weighted by Gasteiger charge is 2.55. The zero-order valence-electron chi connectivity index (χ0n) is 17.5. The van der Waals surface area contributed by atoms with Crippen LogP contribution in [0, 0.1) is 29.1 Å². The summed E-state index contributed by atoms with van der Waals surface area (Å²) in [6.07, 6.45) is 7.51. The molecule has 0 aromatic carbocycles. The molecule has 0 radical (unpaired) electrons. The van der Waals surface area contributed by atoms with E-state index in [-0.39, 0.29) is 35.3 Å². The second-order valence-corrected chi connectivity index (χ2v) is 9.75. The summed E-state index contributed by atoms with van der Waals surface area (Å²) in [6.45, 7) is 11.4. The number of rotatable bonds is 4. The summed E-state index contributed by atoms with van der Waals surface area (Å²) < 4.78 is 11.1. The Morgan fingerprint density at radius 1 is 1.39 bits per heavy atom. The van der Waals surface area contributed by atoms with E-state index in [1.54, 1.807) is 0 Å². The number of hydrogen-bond acceptors (Lipinski definition) is 5. The van der Waals surface area contributed by atoms with Crippen molar-refractivity contribution in [2.75, 3.05) is 26.2 Å². The lowest BCUT2D eigenvalue weighted by molar-refractivity contribution is -0.150. The van der Waals surface area contributed by atoms with Gasteiger partial charge in [-0.05, 0) is 69.7 Å². The van der Waals surface area contributed by atoms with E-state index in [0.717, 1.165) is 38.6 Å². The van der Waals surface area contributed by atoms with Crippen LogP contribution < -0.4 is 0 Å². The first-order valence-corrected chi connectivity index (χ1v) is 11.2. The molecule has 2 saturated carbocycles. The third-order valence-electron chi connectivity index (χ3n) is 7.90. The van der Waals surface area contributed by atoms with Crippen LogP contribution in [0.25, 0.3) is 0 Å². The fourth-order valence-electron chi connectivity index (χ4n) is 6.42. The molecule has 0 unspecified atom stereocenters. The molecule has 2 heterocycles. The smallest absolute Gasteiger partial charge is 0.310 e. The molecule has 0 amide bonds. The lowest BCUT2D eigenvalue weighted by Gasteiger charge is -2.50. The topological polar surface area (TPSA) is 55.8 Å². The number of esters is 2. The number of hydrogen-bond donors (Lipinski definition) is 0. The minimum absolute atomic E-state index is 0.0267. The van der Waals surface area contributed by atoms with Crippen LogP contribution in [0.3, 0.4) is 0 Å². The Labute approximate surface area is 168 Å². The maximum atomic E-state index is 12.8. The molecule has 6 atom stereocenters. The van der Waals surface area contributed by atoms with Gasteiger partial charge in [0, 0.05) is 19.0 Å². The normalized spacial score (nSPS) is 41.1. The molecule has 0 bridgehead atoms. The Balaban J connectivity index is 1.43. The summed E-state index contributed by atoms with van der Waals surface area (Å²) in [5, 5.41) is 0. The molecule has 4 fully saturated rings. The molecule has 2 aliphatic heterocycles. The van der Waals surface area contributed by atoms with Gasteiger partial charge in [-0.2, -0.15) is 0 Å². The van der Waals surface area contributed by atoms with Gasteiger partial charge in [0.05, 0.1) is 18.4 Å². The molecule has 0 N–H and O–H groups in total. The Morgan fingerprint density at radius 2 is 2.21 bits per heavy atom. The van der Waals surface area contributed by atoms with Gasteiger partial charge in [0.15, 0.2) is 0 Å². The highest BCUT2D eigenvalue weighted by atomic mass is 16.6. The van der Waals surface area contributed by atoms with E-state index >= 15 is 0 Å². The van der Waals surface area contributed by atoms with Crippen molar-refractivity contribution in [2.45, 2.75) is 64.9 Å². The predicted molar refractivity (Wildman–Crippen MR) is 106 cm³/mol. The third kappa shape index (κ3) is 3.62. The van der Waals surface area contributed by atoms with Gasteiger partial charge in [0.1, 0.15) is 6.10 Å². The van der Waals surface area contributed by atoms with Crippen molar-refractivity contribution in [3.8, 4) is 0 Å². The first-order chi connectivity index (χ1) is 13.4. The van der Waals surface area contributed by atoms with E-state index < -0.39 is 0 Å².